The quantitative estimate of drug-likeness (QED) is 0.452. The monoisotopic (exact) mass is 282 g/mol. The number of allylic oxidation sites excluding steroid dienone is 1. The Morgan fingerprint density at radius 1 is 1.21 bits per heavy atom. The van der Waals surface area contributed by atoms with Crippen LogP contribution in [0.15, 0.2) is 12.3 Å². The fourth-order valence-corrected chi connectivity index (χ4v) is 5.08. The topological polar surface area (TPSA) is 43.4 Å². The van der Waals surface area contributed by atoms with E-state index in [0.717, 1.165) is 25.7 Å². The van der Waals surface area contributed by atoms with Gasteiger partial charge in [-0.15, -0.1) is 0 Å². The Labute approximate surface area is 118 Å². The predicted molar refractivity (Wildman–Crippen MR) is 71.6 cm³/mol. The molecule has 0 N–H and O–H groups in total. The Morgan fingerprint density at radius 3 is 2.26 bits per heavy atom. The van der Waals surface area contributed by atoms with Crippen LogP contribution in [-0.2, 0) is 14.3 Å². The Hall–Kier alpha value is -0.830. The van der Waals surface area contributed by atoms with Gasteiger partial charge in [0.15, 0.2) is 11.5 Å². The molecule has 0 radical (unpaired) electrons. The van der Waals surface area contributed by atoms with Gasteiger partial charge in [-0.1, -0.05) is 6.58 Å². The zero-order chi connectivity index (χ0) is 13.8. The van der Waals surface area contributed by atoms with E-state index in [-0.39, 0.29) is 22.4 Å². The van der Waals surface area contributed by atoms with Crippen molar-refractivity contribution in [2.45, 2.75) is 51.0 Å². The van der Waals surface area contributed by atoms with Crippen molar-refractivity contribution < 1.29 is 14.3 Å². The molecular weight excluding hydrogens is 264 g/mol. The van der Waals surface area contributed by atoms with E-state index in [4.69, 9.17) is 16.3 Å². The molecule has 0 aliphatic heterocycles. The fourth-order valence-electron chi connectivity index (χ4n) is 4.86. The molecule has 0 saturated heterocycles. The molecule has 0 heterocycles. The van der Waals surface area contributed by atoms with Crippen LogP contribution < -0.4 is 0 Å². The number of rotatable bonds is 4. The van der Waals surface area contributed by atoms with Gasteiger partial charge >= 0.3 is 0 Å². The molecule has 4 heteroatoms. The van der Waals surface area contributed by atoms with Gasteiger partial charge in [-0.3, -0.25) is 9.59 Å². The van der Waals surface area contributed by atoms with Crippen LogP contribution in [0.4, 0.5) is 0 Å². The molecule has 4 fully saturated rings. The Balaban J connectivity index is 1.89. The van der Waals surface area contributed by atoms with Gasteiger partial charge in [-0.25, -0.2) is 0 Å². The Bertz CT molecular complexity index is 454. The predicted octanol–water partition coefficient (Wildman–Crippen LogP) is 3.21. The van der Waals surface area contributed by atoms with Gasteiger partial charge in [0.25, 0.3) is 0 Å². The second-order valence-corrected chi connectivity index (χ2v) is 7.12. The third-order valence-electron chi connectivity index (χ3n) is 5.16. The van der Waals surface area contributed by atoms with Crippen molar-refractivity contribution in [3.63, 3.8) is 0 Å². The van der Waals surface area contributed by atoms with E-state index in [1.54, 1.807) is 0 Å². The molecule has 4 aliphatic rings. The summed E-state index contributed by atoms with van der Waals surface area (Å²) >= 11 is 5.88. The minimum absolute atomic E-state index is 0.137. The average Bonchev–Trinajstić information content (AvgIpc) is 2.25. The van der Waals surface area contributed by atoms with Gasteiger partial charge < -0.3 is 4.74 Å². The largest absolute Gasteiger partial charge is 0.484 e. The molecule has 104 valence electrons. The number of hydrogen-bond acceptors (Lipinski definition) is 3. The van der Waals surface area contributed by atoms with Crippen molar-refractivity contribution in [2.75, 3.05) is 0 Å². The number of carbonyl (C=O) groups excluding carboxylic acids is 2. The molecule has 0 aromatic rings. The standard InChI is InChI=1S/C15H19ClO3/c1-9(17)10(2)19-15-6-11-3-12(7-15)5-14(4-11,8-15)13(16)18/h11-12H,2-8H2,1H3. The summed E-state index contributed by atoms with van der Waals surface area (Å²) in [5, 5.41) is -0.219. The van der Waals surface area contributed by atoms with Crippen LogP contribution in [0, 0.1) is 17.3 Å². The maximum atomic E-state index is 11.9. The van der Waals surface area contributed by atoms with Crippen LogP contribution in [0.1, 0.15) is 45.4 Å². The van der Waals surface area contributed by atoms with Crippen LogP contribution in [0.2, 0.25) is 0 Å². The number of ether oxygens (including phenoxy) is 1. The van der Waals surface area contributed by atoms with E-state index in [1.807, 2.05) is 0 Å². The molecule has 0 aromatic heterocycles. The summed E-state index contributed by atoms with van der Waals surface area (Å²) in [6.45, 7) is 5.17. The van der Waals surface area contributed by atoms with Crippen molar-refractivity contribution >= 4 is 22.6 Å². The highest BCUT2D eigenvalue weighted by Crippen LogP contribution is 2.63. The average molecular weight is 283 g/mol. The molecule has 4 bridgehead atoms. The summed E-state index contributed by atoms with van der Waals surface area (Å²) < 4.78 is 5.93. The molecule has 4 saturated carbocycles. The highest BCUT2D eigenvalue weighted by molar-refractivity contribution is 6.64. The van der Waals surface area contributed by atoms with Crippen molar-refractivity contribution in [3.8, 4) is 0 Å². The zero-order valence-corrected chi connectivity index (χ0v) is 12.0. The maximum absolute atomic E-state index is 11.9. The summed E-state index contributed by atoms with van der Waals surface area (Å²) in [5.74, 6) is 1.09. The molecule has 3 nitrogen and oxygen atoms in total. The number of halogens is 1. The Morgan fingerprint density at radius 2 is 1.79 bits per heavy atom. The van der Waals surface area contributed by atoms with Crippen LogP contribution >= 0.6 is 11.6 Å². The molecule has 4 aliphatic carbocycles. The molecule has 2 atom stereocenters. The van der Waals surface area contributed by atoms with Crippen molar-refractivity contribution in [2.24, 2.45) is 17.3 Å². The maximum Gasteiger partial charge on any atom is 0.227 e. The van der Waals surface area contributed by atoms with Crippen LogP contribution in [-0.4, -0.2) is 16.6 Å². The first kappa shape index (κ1) is 13.2. The highest BCUT2D eigenvalue weighted by Gasteiger charge is 2.61. The highest BCUT2D eigenvalue weighted by atomic mass is 35.5. The lowest BCUT2D eigenvalue weighted by atomic mass is 9.48. The lowest BCUT2D eigenvalue weighted by Gasteiger charge is -2.60. The molecule has 0 aromatic carbocycles. The smallest absolute Gasteiger partial charge is 0.227 e. The van der Waals surface area contributed by atoms with E-state index < -0.39 is 5.41 Å². The number of ketones is 1. The third kappa shape index (κ3) is 2.03. The summed E-state index contributed by atoms with van der Waals surface area (Å²) in [4.78, 5) is 23.2. The molecule has 19 heavy (non-hydrogen) atoms. The summed E-state index contributed by atoms with van der Waals surface area (Å²) in [6.07, 6.45) is 5.47. The van der Waals surface area contributed by atoms with Gasteiger partial charge in [0.05, 0.1) is 0 Å². The third-order valence-corrected chi connectivity index (χ3v) is 5.56. The second kappa shape index (κ2) is 4.08. The van der Waals surface area contributed by atoms with Gasteiger partial charge in [0.1, 0.15) is 5.60 Å². The summed E-state index contributed by atoms with van der Waals surface area (Å²) in [6, 6.07) is 0. The Kier molecular flexibility index (Phi) is 2.83. The minimum atomic E-state index is -0.414. The lowest BCUT2D eigenvalue weighted by molar-refractivity contribution is -0.179. The van der Waals surface area contributed by atoms with E-state index in [1.165, 1.54) is 13.3 Å². The van der Waals surface area contributed by atoms with Crippen LogP contribution in [0.5, 0.6) is 0 Å². The summed E-state index contributed by atoms with van der Waals surface area (Å²) in [7, 11) is 0. The van der Waals surface area contributed by atoms with Gasteiger partial charge in [-0.05, 0) is 55.5 Å². The first-order valence-corrected chi connectivity index (χ1v) is 7.31. The van der Waals surface area contributed by atoms with E-state index in [0.29, 0.717) is 18.3 Å². The molecule has 4 rings (SSSR count). The van der Waals surface area contributed by atoms with Gasteiger partial charge in [0.2, 0.25) is 5.24 Å². The van der Waals surface area contributed by atoms with Gasteiger partial charge in [0, 0.05) is 18.8 Å². The SMILES string of the molecule is C=C(OC12CC3CC(C1)CC(C(=O)Cl)(C3)C2)C(C)=O. The van der Waals surface area contributed by atoms with E-state index in [2.05, 4.69) is 6.58 Å². The van der Waals surface area contributed by atoms with E-state index in [9.17, 15) is 9.59 Å². The van der Waals surface area contributed by atoms with Crippen LogP contribution in [0.3, 0.4) is 0 Å². The second-order valence-electron chi connectivity index (χ2n) is 6.78. The number of carbonyl (C=O) groups is 2. The zero-order valence-electron chi connectivity index (χ0n) is 11.2. The first-order chi connectivity index (χ1) is 8.84. The van der Waals surface area contributed by atoms with Crippen molar-refractivity contribution in [1.82, 2.24) is 0 Å². The van der Waals surface area contributed by atoms with Crippen molar-refractivity contribution in [3.05, 3.63) is 12.3 Å². The molecule has 0 spiro atoms. The van der Waals surface area contributed by atoms with E-state index >= 15 is 0 Å². The molecular formula is C15H19ClO3. The first-order valence-electron chi connectivity index (χ1n) is 6.93. The fraction of sp³-hybridized carbons (Fsp3) is 0.733. The summed E-state index contributed by atoms with van der Waals surface area (Å²) in [5.41, 5.74) is -0.792. The van der Waals surface area contributed by atoms with Crippen LogP contribution in [0.25, 0.3) is 0 Å². The number of Topliss-reactive ketones (excluding diaryl/α,β-unsaturated/α-hetero) is 1. The minimum Gasteiger partial charge on any atom is -0.484 e. The number of hydrogen-bond donors (Lipinski definition) is 0. The molecule has 0 amide bonds. The van der Waals surface area contributed by atoms with Crippen molar-refractivity contribution in [1.29, 1.82) is 0 Å². The van der Waals surface area contributed by atoms with Gasteiger partial charge in [-0.2, -0.15) is 0 Å². The normalized spacial score (nSPS) is 43.1. The molecule has 2 unspecified atom stereocenters. The lowest BCUT2D eigenvalue weighted by Crippen LogP contribution is -2.58.